The van der Waals surface area contributed by atoms with Crippen LogP contribution in [0.1, 0.15) is 303 Å². The second kappa shape index (κ2) is 57.0. The molecular weight excluding hydrogens is 976 g/mol. The summed E-state index contributed by atoms with van der Waals surface area (Å²) >= 11 is 0. The van der Waals surface area contributed by atoms with Crippen LogP contribution in [0.5, 0.6) is 0 Å². The summed E-state index contributed by atoms with van der Waals surface area (Å²) < 4.78 is 30.3. The van der Waals surface area contributed by atoms with E-state index in [4.69, 9.17) is 13.8 Å². The molecule has 0 aromatic heterocycles. The lowest BCUT2D eigenvalue weighted by atomic mass is 10.0. The molecule has 1 N–H and O–H groups in total. The molecule has 0 aromatic rings. The molecule has 0 aliphatic rings. The van der Waals surface area contributed by atoms with Crippen LogP contribution >= 0.6 is 7.82 Å². The summed E-state index contributed by atoms with van der Waals surface area (Å²) in [6.07, 6.45) is 72.1. The van der Waals surface area contributed by atoms with Gasteiger partial charge in [-0.3, -0.25) is 14.2 Å². The van der Waals surface area contributed by atoms with Gasteiger partial charge in [0.15, 0.2) is 0 Å². The van der Waals surface area contributed by atoms with Gasteiger partial charge in [-0.25, -0.2) is 0 Å². The Morgan fingerprint density at radius 1 is 0.455 bits per heavy atom. The predicted octanol–water partition coefficient (Wildman–Crippen LogP) is 19.6. The topological polar surface area (TPSA) is 114 Å². The van der Waals surface area contributed by atoms with Crippen molar-refractivity contribution < 1.29 is 37.3 Å². The number of amides is 1. The molecule has 9 nitrogen and oxygen atoms in total. The van der Waals surface area contributed by atoms with E-state index in [2.05, 4.69) is 68.6 Å². The van der Waals surface area contributed by atoms with Crippen molar-refractivity contribution in [2.45, 2.75) is 315 Å². The quantitative estimate of drug-likeness (QED) is 0.0212. The number of phosphoric acid groups is 1. The van der Waals surface area contributed by atoms with E-state index in [1.54, 1.807) is 0 Å². The van der Waals surface area contributed by atoms with Gasteiger partial charge >= 0.3 is 5.97 Å². The molecule has 0 bridgehead atoms. The first-order valence-corrected chi connectivity index (χ1v) is 34.1. The SMILES string of the molecule is CCCCC/C=C\C/C=C\CCCCCCCCCCCCCCCCCC(=O)NC(COP(=O)([O-])OCC[N+](C)(C)C)C(/C=C\CCCCCCCCCCCCC)OC(=O)CC/C=C/C/C=C\CCCCCCCC. The Kier molecular flexibility index (Phi) is 55.3. The summed E-state index contributed by atoms with van der Waals surface area (Å²) in [6, 6.07) is -0.910. The highest BCUT2D eigenvalue weighted by atomic mass is 31.2. The van der Waals surface area contributed by atoms with Crippen LogP contribution in [-0.4, -0.2) is 69.4 Å². The average Bonchev–Trinajstić information content (AvgIpc) is 3.39. The molecule has 0 fully saturated rings. The first-order chi connectivity index (χ1) is 37.4. The highest BCUT2D eigenvalue weighted by Gasteiger charge is 2.27. The maximum atomic E-state index is 13.5. The smallest absolute Gasteiger partial charge is 0.306 e. The fourth-order valence-corrected chi connectivity index (χ4v) is 10.1. The van der Waals surface area contributed by atoms with Gasteiger partial charge in [-0.05, 0) is 83.1 Å². The van der Waals surface area contributed by atoms with Gasteiger partial charge < -0.3 is 28.5 Å². The Labute approximate surface area is 477 Å². The van der Waals surface area contributed by atoms with Crippen LogP contribution in [0.3, 0.4) is 0 Å². The maximum Gasteiger partial charge on any atom is 0.306 e. The van der Waals surface area contributed by atoms with E-state index in [1.165, 1.54) is 205 Å². The van der Waals surface area contributed by atoms with Gasteiger partial charge in [0.2, 0.25) is 5.91 Å². The number of ether oxygens (including phenoxy) is 1. The second-order valence-electron chi connectivity index (χ2n) is 23.3. The molecule has 0 rings (SSSR count). The zero-order valence-electron chi connectivity index (χ0n) is 51.4. The van der Waals surface area contributed by atoms with Crippen LogP contribution in [-0.2, 0) is 27.9 Å². The normalized spacial score (nSPS) is 14.0. The summed E-state index contributed by atoms with van der Waals surface area (Å²) in [5, 5.41) is 3.02. The molecule has 0 radical (unpaired) electrons. The molecular formula is C67H125N2O7P. The number of unbranched alkanes of at least 4 members (excludes halogenated alkanes) is 35. The van der Waals surface area contributed by atoms with Crippen molar-refractivity contribution in [3.63, 3.8) is 0 Å². The fourth-order valence-electron chi connectivity index (χ4n) is 9.37. The number of carbonyl (C=O) groups is 2. The van der Waals surface area contributed by atoms with E-state index in [9.17, 15) is 19.0 Å². The van der Waals surface area contributed by atoms with E-state index in [-0.39, 0.29) is 18.9 Å². The third-order valence-electron chi connectivity index (χ3n) is 14.4. The second-order valence-corrected chi connectivity index (χ2v) is 24.7. The molecule has 0 saturated heterocycles. The highest BCUT2D eigenvalue weighted by molar-refractivity contribution is 7.45. The molecule has 0 saturated carbocycles. The lowest BCUT2D eigenvalue weighted by Gasteiger charge is -2.30. The van der Waals surface area contributed by atoms with Crippen LogP contribution in [0.15, 0.2) is 60.8 Å². The molecule has 0 aliphatic heterocycles. The lowest BCUT2D eigenvalue weighted by molar-refractivity contribution is -0.870. The van der Waals surface area contributed by atoms with E-state index in [0.717, 1.165) is 57.8 Å². The van der Waals surface area contributed by atoms with Crippen molar-refractivity contribution in [3.8, 4) is 0 Å². The zero-order valence-corrected chi connectivity index (χ0v) is 52.3. The Hall–Kier alpha value is -2.29. The zero-order chi connectivity index (χ0) is 56.4. The summed E-state index contributed by atoms with van der Waals surface area (Å²) in [5.41, 5.74) is 0. The summed E-state index contributed by atoms with van der Waals surface area (Å²) in [6.45, 7) is 6.80. The molecule has 0 aromatic carbocycles. The summed E-state index contributed by atoms with van der Waals surface area (Å²) in [7, 11) is 1.16. The van der Waals surface area contributed by atoms with Gasteiger partial charge in [0.1, 0.15) is 19.3 Å². The minimum atomic E-state index is -4.71. The molecule has 3 atom stereocenters. The van der Waals surface area contributed by atoms with Crippen molar-refractivity contribution in [2.75, 3.05) is 40.9 Å². The highest BCUT2D eigenvalue weighted by Crippen LogP contribution is 2.38. The van der Waals surface area contributed by atoms with Crippen LogP contribution in [0.2, 0.25) is 0 Å². The molecule has 3 unspecified atom stereocenters. The van der Waals surface area contributed by atoms with Crippen molar-refractivity contribution in [3.05, 3.63) is 60.8 Å². The molecule has 0 spiro atoms. The van der Waals surface area contributed by atoms with Crippen LogP contribution < -0.4 is 10.2 Å². The van der Waals surface area contributed by atoms with Crippen molar-refractivity contribution in [1.82, 2.24) is 5.32 Å². The molecule has 77 heavy (non-hydrogen) atoms. The number of carbonyl (C=O) groups excluding carboxylic acids is 2. The van der Waals surface area contributed by atoms with Crippen LogP contribution in [0.4, 0.5) is 0 Å². The number of rotatable bonds is 59. The van der Waals surface area contributed by atoms with Gasteiger partial charge in [-0.2, -0.15) is 0 Å². The van der Waals surface area contributed by atoms with E-state index >= 15 is 0 Å². The maximum absolute atomic E-state index is 13.5. The molecule has 0 aliphatic carbocycles. The minimum absolute atomic E-state index is 0.0298. The number of quaternary nitrogens is 1. The fraction of sp³-hybridized carbons (Fsp3) is 0.821. The standard InChI is InChI=1S/C67H125N2O7P/c1-7-10-13-16-19-22-25-28-29-30-31-32-33-34-35-36-37-38-39-42-44-47-50-53-56-59-66(70)68-64(63-75-77(72,73)74-62-61-69(4,5)6)65(58-55-52-49-46-43-40-26-23-20-17-14-11-8-2)76-67(71)60-57-54-51-48-45-41-27-24-21-18-15-12-9-3/h19,22,28-29,41,45,51,54-55,58,64-65H,7-18,20-21,23-27,30-40,42-44,46-50,52-53,56-57,59-63H2,1-6H3,(H-,68,70,72,73)/b22-19-,29-28-,45-41-,54-51+,58-55-. The van der Waals surface area contributed by atoms with Crippen molar-refractivity contribution >= 4 is 19.7 Å². The summed E-state index contributed by atoms with van der Waals surface area (Å²) in [4.78, 5) is 40.0. The summed E-state index contributed by atoms with van der Waals surface area (Å²) in [5.74, 6) is -0.611. The predicted molar refractivity (Wildman–Crippen MR) is 330 cm³/mol. The van der Waals surface area contributed by atoms with Gasteiger partial charge in [0, 0.05) is 12.8 Å². The Bertz CT molecular complexity index is 1500. The minimum Gasteiger partial charge on any atom is -0.756 e. The van der Waals surface area contributed by atoms with E-state index in [1.807, 2.05) is 39.4 Å². The molecule has 10 heteroatoms. The Balaban J connectivity index is 5.13. The van der Waals surface area contributed by atoms with Gasteiger partial charge in [0.25, 0.3) is 7.82 Å². The number of hydrogen-bond acceptors (Lipinski definition) is 7. The molecule has 450 valence electrons. The first kappa shape index (κ1) is 74.7. The van der Waals surface area contributed by atoms with Crippen molar-refractivity contribution in [2.24, 2.45) is 0 Å². The molecule has 0 heterocycles. The van der Waals surface area contributed by atoms with Crippen LogP contribution in [0.25, 0.3) is 0 Å². The average molecular weight is 1100 g/mol. The number of likely N-dealkylation sites (N-methyl/N-ethyl adjacent to an activating group) is 1. The van der Waals surface area contributed by atoms with E-state index in [0.29, 0.717) is 23.9 Å². The van der Waals surface area contributed by atoms with Gasteiger partial charge in [-0.1, -0.05) is 268 Å². The van der Waals surface area contributed by atoms with Crippen LogP contribution in [0, 0.1) is 0 Å². The van der Waals surface area contributed by atoms with Crippen molar-refractivity contribution in [1.29, 1.82) is 0 Å². The van der Waals surface area contributed by atoms with Gasteiger partial charge in [0.05, 0.1) is 33.8 Å². The Morgan fingerprint density at radius 2 is 0.805 bits per heavy atom. The Morgan fingerprint density at radius 3 is 1.22 bits per heavy atom. The first-order valence-electron chi connectivity index (χ1n) is 32.6. The van der Waals surface area contributed by atoms with Gasteiger partial charge in [-0.15, -0.1) is 0 Å². The number of nitrogens with zero attached hydrogens (tertiary/aromatic N) is 1. The van der Waals surface area contributed by atoms with E-state index < -0.39 is 32.5 Å². The number of allylic oxidation sites excluding steroid dienone is 9. The largest absolute Gasteiger partial charge is 0.756 e. The number of nitrogens with one attached hydrogen (secondary N) is 1. The number of hydrogen-bond donors (Lipinski definition) is 1. The number of phosphoric ester groups is 1. The monoisotopic (exact) mass is 1100 g/mol. The lowest BCUT2D eigenvalue weighted by Crippen LogP contribution is -2.47. The molecule has 1 amide bonds. The number of esters is 1. The third kappa shape index (κ3) is 58.2. The third-order valence-corrected chi connectivity index (χ3v) is 15.4.